The first-order valence-corrected chi connectivity index (χ1v) is 8.15. The Morgan fingerprint density at radius 2 is 1.32 bits per heavy atom. The van der Waals surface area contributed by atoms with Gasteiger partial charge in [0.05, 0.1) is 0 Å². The second kappa shape index (κ2) is 6.35. The Kier molecular flexibility index (Phi) is 5.55. The molecule has 1 aromatic rings. The molecule has 0 spiro atoms. The summed E-state index contributed by atoms with van der Waals surface area (Å²) >= 11 is 4.70. The molecule has 0 atom stereocenters. The van der Waals surface area contributed by atoms with Crippen LogP contribution in [0.1, 0.15) is 78.4 Å². The Balaban J connectivity index is 3.36. The number of thiol groups is 1. The molecule has 19 heavy (non-hydrogen) atoms. The molecule has 0 aliphatic heterocycles. The SMILES string of the molecule is CCC(C)(CC)c1ccc(S)c(C(C)(CC)CC)c1. The van der Waals surface area contributed by atoms with E-state index in [2.05, 4.69) is 59.7 Å². The highest BCUT2D eigenvalue weighted by Crippen LogP contribution is 2.39. The van der Waals surface area contributed by atoms with Gasteiger partial charge in [0.2, 0.25) is 0 Å². The zero-order valence-corrected chi connectivity index (χ0v) is 14.4. The molecule has 0 radical (unpaired) electrons. The van der Waals surface area contributed by atoms with Crippen molar-refractivity contribution in [2.45, 2.75) is 83.0 Å². The molecule has 0 saturated carbocycles. The summed E-state index contributed by atoms with van der Waals surface area (Å²) in [5.41, 5.74) is 3.43. The van der Waals surface area contributed by atoms with Crippen LogP contribution in [0.25, 0.3) is 0 Å². The van der Waals surface area contributed by atoms with Crippen LogP contribution < -0.4 is 0 Å². The molecule has 0 nitrogen and oxygen atoms in total. The van der Waals surface area contributed by atoms with E-state index in [4.69, 9.17) is 12.6 Å². The lowest BCUT2D eigenvalue weighted by atomic mass is 9.73. The van der Waals surface area contributed by atoms with Gasteiger partial charge in [-0.05, 0) is 53.7 Å². The number of benzene rings is 1. The van der Waals surface area contributed by atoms with Crippen LogP contribution in [0.2, 0.25) is 0 Å². The molecule has 0 unspecified atom stereocenters. The van der Waals surface area contributed by atoms with E-state index in [0.29, 0.717) is 5.41 Å². The third-order valence-electron chi connectivity index (χ3n) is 5.47. The summed E-state index contributed by atoms with van der Waals surface area (Å²) in [7, 11) is 0. The molecule has 0 aliphatic rings. The standard InChI is InChI=1S/C18H30S/c1-7-17(5,8-2)14-11-12-16(19)15(13-14)18(6,9-3)10-4/h11-13,19H,7-10H2,1-6H3. The molecule has 1 heteroatoms. The summed E-state index contributed by atoms with van der Waals surface area (Å²) in [5, 5.41) is 0. The summed E-state index contributed by atoms with van der Waals surface area (Å²) in [6.07, 6.45) is 4.69. The smallest absolute Gasteiger partial charge is 0.00777 e. The van der Waals surface area contributed by atoms with Gasteiger partial charge in [-0.3, -0.25) is 0 Å². The van der Waals surface area contributed by atoms with Crippen molar-refractivity contribution in [2.75, 3.05) is 0 Å². The quantitative estimate of drug-likeness (QED) is 0.594. The maximum atomic E-state index is 4.70. The molecule has 108 valence electrons. The summed E-state index contributed by atoms with van der Waals surface area (Å²) in [6.45, 7) is 13.9. The second-order valence-electron chi connectivity index (χ2n) is 6.27. The van der Waals surface area contributed by atoms with E-state index in [1.165, 1.54) is 24.0 Å². The van der Waals surface area contributed by atoms with Gasteiger partial charge in [-0.25, -0.2) is 0 Å². The van der Waals surface area contributed by atoms with Gasteiger partial charge in [-0.1, -0.05) is 53.7 Å². The van der Waals surface area contributed by atoms with E-state index in [-0.39, 0.29) is 5.41 Å². The van der Waals surface area contributed by atoms with E-state index in [9.17, 15) is 0 Å². The molecule has 0 bridgehead atoms. The molecule has 0 fully saturated rings. The van der Waals surface area contributed by atoms with E-state index in [1.807, 2.05) is 0 Å². The lowest BCUT2D eigenvalue weighted by molar-refractivity contribution is 0.418. The average Bonchev–Trinajstić information content (AvgIpc) is 2.46. The minimum atomic E-state index is 0.246. The largest absolute Gasteiger partial charge is 0.143 e. The Labute approximate surface area is 125 Å². The van der Waals surface area contributed by atoms with E-state index < -0.39 is 0 Å². The fraction of sp³-hybridized carbons (Fsp3) is 0.667. The highest BCUT2D eigenvalue weighted by atomic mass is 32.1. The topological polar surface area (TPSA) is 0 Å². The van der Waals surface area contributed by atoms with E-state index in [1.54, 1.807) is 0 Å². The first-order chi connectivity index (χ1) is 8.86. The number of hydrogen-bond donors (Lipinski definition) is 1. The Bertz CT molecular complexity index is 412. The van der Waals surface area contributed by atoms with Crippen molar-refractivity contribution in [2.24, 2.45) is 0 Å². The maximum Gasteiger partial charge on any atom is 0.00777 e. The summed E-state index contributed by atoms with van der Waals surface area (Å²) in [4.78, 5) is 1.14. The number of rotatable bonds is 6. The second-order valence-corrected chi connectivity index (χ2v) is 6.75. The van der Waals surface area contributed by atoms with Crippen molar-refractivity contribution in [1.82, 2.24) is 0 Å². The molecule has 0 saturated heterocycles. The van der Waals surface area contributed by atoms with Gasteiger partial charge in [0.25, 0.3) is 0 Å². The normalized spacial score (nSPS) is 12.8. The minimum absolute atomic E-state index is 0.246. The predicted molar refractivity (Wildman–Crippen MR) is 89.6 cm³/mol. The zero-order valence-electron chi connectivity index (χ0n) is 13.5. The van der Waals surface area contributed by atoms with Crippen LogP contribution in [0.15, 0.2) is 23.1 Å². The molecule has 0 aromatic heterocycles. The van der Waals surface area contributed by atoms with Crippen molar-refractivity contribution in [3.05, 3.63) is 29.3 Å². The Hall–Kier alpha value is -0.430. The molecule has 0 N–H and O–H groups in total. The van der Waals surface area contributed by atoms with Crippen LogP contribution in [0.3, 0.4) is 0 Å². The van der Waals surface area contributed by atoms with Crippen LogP contribution in [-0.4, -0.2) is 0 Å². The van der Waals surface area contributed by atoms with Crippen molar-refractivity contribution in [3.63, 3.8) is 0 Å². The fourth-order valence-electron chi connectivity index (χ4n) is 2.68. The molecule has 1 aromatic carbocycles. The molecule has 1 rings (SSSR count). The van der Waals surface area contributed by atoms with Crippen molar-refractivity contribution < 1.29 is 0 Å². The fourth-order valence-corrected chi connectivity index (χ4v) is 3.09. The van der Waals surface area contributed by atoms with Crippen LogP contribution in [0.4, 0.5) is 0 Å². The van der Waals surface area contributed by atoms with Crippen molar-refractivity contribution in [1.29, 1.82) is 0 Å². The van der Waals surface area contributed by atoms with Crippen LogP contribution in [0, 0.1) is 0 Å². The van der Waals surface area contributed by atoms with E-state index >= 15 is 0 Å². The van der Waals surface area contributed by atoms with Crippen LogP contribution in [-0.2, 0) is 10.8 Å². The first-order valence-electron chi connectivity index (χ1n) is 7.70. The van der Waals surface area contributed by atoms with Crippen molar-refractivity contribution in [3.8, 4) is 0 Å². The summed E-state index contributed by atoms with van der Waals surface area (Å²) < 4.78 is 0. The summed E-state index contributed by atoms with van der Waals surface area (Å²) in [6, 6.07) is 6.88. The Morgan fingerprint density at radius 3 is 1.74 bits per heavy atom. The third kappa shape index (κ3) is 3.18. The predicted octanol–water partition coefficient (Wildman–Crippen LogP) is 6.13. The van der Waals surface area contributed by atoms with Gasteiger partial charge in [0.1, 0.15) is 0 Å². The van der Waals surface area contributed by atoms with Gasteiger partial charge in [0.15, 0.2) is 0 Å². The van der Waals surface area contributed by atoms with Gasteiger partial charge < -0.3 is 0 Å². The maximum absolute atomic E-state index is 4.70. The molecule has 0 aliphatic carbocycles. The summed E-state index contributed by atoms with van der Waals surface area (Å²) in [5.74, 6) is 0. The highest BCUT2D eigenvalue weighted by molar-refractivity contribution is 7.80. The highest BCUT2D eigenvalue weighted by Gasteiger charge is 2.28. The molecule has 0 heterocycles. The van der Waals surface area contributed by atoms with Crippen molar-refractivity contribution >= 4 is 12.6 Å². The van der Waals surface area contributed by atoms with E-state index in [0.717, 1.165) is 17.7 Å². The van der Waals surface area contributed by atoms with Gasteiger partial charge in [-0.2, -0.15) is 0 Å². The lowest BCUT2D eigenvalue weighted by Gasteiger charge is -2.33. The molecular weight excluding hydrogens is 248 g/mol. The van der Waals surface area contributed by atoms with Gasteiger partial charge in [0, 0.05) is 4.90 Å². The van der Waals surface area contributed by atoms with Gasteiger partial charge in [-0.15, -0.1) is 12.6 Å². The average molecular weight is 279 g/mol. The lowest BCUT2D eigenvalue weighted by Crippen LogP contribution is -2.24. The molecular formula is C18H30S. The third-order valence-corrected chi connectivity index (χ3v) is 5.86. The van der Waals surface area contributed by atoms with Gasteiger partial charge >= 0.3 is 0 Å². The van der Waals surface area contributed by atoms with Crippen LogP contribution >= 0.6 is 12.6 Å². The monoisotopic (exact) mass is 278 g/mol. The Morgan fingerprint density at radius 1 is 0.842 bits per heavy atom. The first kappa shape index (κ1) is 16.6. The minimum Gasteiger partial charge on any atom is -0.143 e. The molecule has 0 amide bonds. The zero-order chi connectivity index (χ0) is 14.7. The van der Waals surface area contributed by atoms with Crippen LogP contribution in [0.5, 0.6) is 0 Å². The number of hydrogen-bond acceptors (Lipinski definition) is 1.